The number of hydrogen-bond acceptors (Lipinski definition) is 3. The average molecular weight is 263 g/mol. The first-order chi connectivity index (χ1) is 9.02. The van der Waals surface area contributed by atoms with Crippen molar-refractivity contribution in [2.75, 3.05) is 11.9 Å². The Hall–Kier alpha value is -2.70. The van der Waals surface area contributed by atoms with Crippen LogP contribution in [0.5, 0.6) is 0 Å². The number of halogens is 1. The molecule has 0 unspecified atom stereocenters. The number of aromatic amines is 1. The third kappa shape index (κ3) is 2.30. The number of carboxylic acid groups (broad SMARTS) is 1. The summed E-state index contributed by atoms with van der Waals surface area (Å²) in [4.78, 5) is 30.0. The smallest absolute Gasteiger partial charge is 0.354 e. The number of benzene rings is 1. The highest BCUT2D eigenvalue weighted by molar-refractivity contribution is 6.09. The molecule has 0 saturated carbocycles. The summed E-state index contributed by atoms with van der Waals surface area (Å²) in [6.45, 7) is 0. The molecule has 19 heavy (non-hydrogen) atoms. The van der Waals surface area contributed by atoms with Gasteiger partial charge >= 0.3 is 5.97 Å². The predicted molar refractivity (Wildman–Crippen MR) is 64.7 cm³/mol. The number of anilines is 1. The predicted octanol–water partition coefficient (Wildman–Crippen LogP) is 1.52. The molecular weight excluding hydrogens is 253 g/mol. The van der Waals surface area contributed by atoms with Gasteiger partial charge in [-0.05, 0) is 12.1 Å². The van der Waals surface area contributed by atoms with Gasteiger partial charge in [0.25, 0.3) is 5.91 Å². The van der Waals surface area contributed by atoms with Gasteiger partial charge in [0.15, 0.2) is 11.4 Å². The normalized spacial score (nSPS) is 10.2. The van der Waals surface area contributed by atoms with E-state index in [1.807, 2.05) is 0 Å². The summed E-state index contributed by atoms with van der Waals surface area (Å²) in [7, 11) is 1.35. The topological polar surface area (TPSA) is 86.3 Å². The van der Waals surface area contributed by atoms with E-state index in [1.165, 1.54) is 25.2 Å². The van der Waals surface area contributed by atoms with Crippen molar-refractivity contribution in [2.24, 2.45) is 0 Å². The zero-order valence-corrected chi connectivity index (χ0v) is 9.92. The second kappa shape index (κ2) is 4.89. The van der Waals surface area contributed by atoms with E-state index in [0.29, 0.717) is 0 Å². The highest BCUT2D eigenvalue weighted by Gasteiger charge is 2.24. The van der Waals surface area contributed by atoms with Gasteiger partial charge in [0.05, 0.1) is 12.0 Å². The first-order valence-electron chi connectivity index (χ1n) is 5.31. The lowest BCUT2D eigenvalue weighted by atomic mass is 10.2. The van der Waals surface area contributed by atoms with Gasteiger partial charge in [-0.15, -0.1) is 0 Å². The van der Waals surface area contributed by atoms with Crippen LogP contribution in [0.25, 0.3) is 0 Å². The minimum atomic E-state index is -1.30. The largest absolute Gasteiger partial charge is 0.477 e. The van der Waals surface area contributed by atoms with Crippen molar-refractivity contribution in [3.8, 4) is 0 Å². The van der Waals surface area contributed by atoms with E-state index in [0.717, 1.165) is 11.2 Å². The maximum atomic E-state index is 13.6. The van der Waals surface area contributed by atoms with Gasteiger partial charge in [-0.3, -0.25) is 4.79 Å². The van der Waals surface area contributed by atoms with Crippen LogP contribution in [-0.4, -0.2) is 34.0 Å². The molecule has 0 aliphatic carbocycles. The van der Waals surface area contributed by atoms with Crippen molar-refractivity contribution in [3.63, 3.8) is 0 Å². The standard InChI is InChI=1S/C12H10FN3O3/c1-16(8-5-3-2-4-7(8)13)11(17)9-10(12(18)19)15-6-14-9/h2-6H,1H3,(H,14,15)(H,18,19). The lowest BCUT2D eigenvalue weighted by Gasteiger charge is -2.16. The van der Waals surface area contributed by atoms with Crippen LogP contribution >= 0.6 is 0 Å². The molecule has 0 aliphatic rings. The third-order valence-corrected chi connectivity index (χ3v) is 2.57. The zero-order valence-electron chi connectivity index (χ0n) is 9.92. The number of rotatable bonds is 3. The fourth-order valence-corrected chi connectivity index (χ4v) is 1.61. The molecule has 0 spiro atoms. The number of nitrogens with one attached hydrogen (secondary N) is 1. The van der Waals surface area contributed by atoms with Crippen LogP contribution in [0.2, 0.25) is 0 Å². The third-order valence-electron chi connectivity index (χ3n) is 2.57. The van der Waals surface area contributed by atoms with Crippen LogP contribution in [0, 0.1) is 5.82 Å². The molecule has 7 heteroatoms. The molecule has 2 N–H and O–H groups in total. The number of H-pyrrole nitrogens is 1. The average Bonchev–Trinajstić information content (AvgIpc) is 2.87. The van der Waals surface area contributed by atoms with Gasteiger partial charge in [-0.1, -0.05) is 12.1 Å². The number of aromatic carboxylic acids is 1. The van der Waals surface area contributed by atoms with Gasteiger partial charge < -0.3 is 15.0 Å². The van der Waals surface area contributed by atoms with Crippen molar-refractivity contribution < 1.29 is 19.1 Å². The molecule has 1 heterocycles. The second-order valence-corrected chi connectivity index (χ2v) is 3.75. The van der Waals surface area contributed by atoms with Crippen LogP contribution in [0.4, 0.5) is 10.1 Å². The van der Waals surface area contributed by atoms with Crippen LogP contribution in [0.15, 0.2) is 30.6 Å². The van der Waals surface area contributed by atoms with Crippen LogP contribution in [-0.2, 0) is 0 Å². The van der Waals surface area contributed by atoms with E-state index >= 15 is 0 Å². The Morgan fingerprint density at radius 3 is 2.68 bits per heavy atom. The minimum Gasteiger partial charge on any atom is -0.477 e. The maximum absolute atomic E-state index is 13.6. The van der Waals surface area contributed by atoms with E-state index in [-0.39, 0.29) is 17.1 Å². The summed E-state index contributed by atoms with van der Waals surface area (Å²) in [5.74, 6) is -2.59. The second-order valence-electron chi connectivity index (χ2n) is 3.75. The van der Waals surface area contributed by atoms with E-state index in [4.69, 9.17) is 5.11 Å². The Balaban J connectivity index is 2.37. The van der Waals surface area contributed by atoms with Crippen molar-refractivity contribution in [1.82, 2.24) is 9.97 Å². The first-order valence-corrected chi connectivity index (χ1v) is 5.31. The molecule has 98 valence electrons. The molecule has 0 atom stereocenters. The molecule has 1 aromatic carbocycles. The van der Waals surface area contributed by atoms with Gasteiger partial charge in [-0.25, -0.2) is 14.2 Å². The number of imidazole rings is 1. The summed E-state index contributed by atoms with van der Waals surface area (Å²) in [5.41, 5.74) is -0.543. The lowest BCUT2D eigenvalue weighted by Crippen LogP contribution is -2.29. The SMILES string of the molecule is CN(C(=O)c1nc[nH]c1C(=O)O)c1ccccc1F. The Morgan fingerprint density at radius 2 is 2.05 bits per heavy atom. The van der Waals surface area contributed by atoms with E-state index in [2.05, 4.69) is 9.97 Å². The Bertz CT molecular complexity index is 639. The fourth-order valence-electron chi connectivity index (χ4n) is 1.61. The number of carboxylic acids is 1. The number of amides is 1. The molecule has 2 rings (SSSR count). The Labute approximate surface area is 107 Å². The molecule has 2 aromatic rings. The van der Waals surface area contributed by atoms with Crippen LogP contribution in [0.1, 0.15) is 21.0 Å². The fraction of sp³-hybridized carbons (Fsp3) is 0.0833. The number of carbonyl (C=O) groups is 2. The Kier molecular flexibility index (Phi) is 3.28. The quantitative estimate of drug-likeness (QED) is 0.879. The highest BCUT2D eigenvalue weighted by atomic mass is 19.1. The summed E-state index contributed by atoms with van der Waals surface area (Å²) < 4.78 is 13.6. The number of nitrogens with zero attached hydrogens (tertiary/aromatic N) is 2. The van der Waals surface area contributed by atoms with Crippen molar-refractivity contribution in [3.05, 3.63) is 47.8 Å². The van der Waals surface area contributed by atoms with Gasteiger partial charge in [0.1, 0.15) is 5.82 Å². The van der Waals surface area contributed by atoms with Crippen LogP contribution in [0.3, 0.4) is 0 Å². The van der Waals surface area contributed by atoms with Crippen molar-refractivity contribution in [1.29, 1.82) is 0 Å². The van der Waals surface area contributed by atoms with Crippen molar-refractivity contribution >= 4 is 17.6 Å². The zero-order chi connectivity index (χ0) is 14.0. The number of hydrogen-bond donors (Lipinski definition) is 2. The number of aromatic nitrogens is 2. The Morgan fingerprint density at radius 1 is 1.37 bits per heavy atom. The molecule has 1 aromatic heterocycles. The molecule has 0 fully saturated rings. The van der Waals surface area contributed by atoms with E-state index in [9.17, 15) is 14.0 Å². The summed E-state index contributed by atoms with van der Waals surface area (Å²) >= 11 is 0. The maximum Gasteiger partial charge on any atom is 0.354 e. The van der Waals surface area contributed by atoms with Crippen LogP contribution < -0.4 is 4.90 Å². The summed E-state index contributed by atoms with van der Waals surface area (Å²) in [6.07, 6.45) is 1.10. The molecule has 6 nitrogen and oxygen atoms in total. The molecule has 1 amide bonds. The lowest BCUT2D eigenvalue weighted by molar-refractivity contribution is 0.0686. The molecular formula is C12H10FN3O3. The minimum absolute atomic E-state index is 0.0480. The first kappa shape index (κ1) is 12.7. The van der Waals surface area contributed by atoms with Gasteiger partial charge in [0.2, 0.25) is 0 Å². The monoisotopic (exact) mass is 263 g/mol. The molecule has 0 radical (unpaired) electrons. The van der Waals surface area contributed by atoms with E-state index < -0.39 is 17.7 Å². The number of para-hydroxylation sites is 1. The number of carbonyl (C=O) groups excluding carboxylic acids is 1. The summed E-state index contributed by atoms with van der Waals surface area (Å²) in [5, 5.41) is 8.89. The summed E-state index contributed by atoms with van der Waals surface area (Å²) in [6, 6.07) is 5.70. The van der Waals surface area contributed by atoms with Gasteiger partial charge in [-0.2, -0.15) is 0 Å². The van der Waals surface area contributed by atoms with Crippen molar-refractivity contribution in [2.45, 2.75) is 0 Å². The highest BCUT2D eigenvalue weighted by Crippen LogP contribution is 2.19. The van der Waals surface area contributed by atoms with E-state index in [1.54, 1.807) is 6.07 Å². The molecule has 0 aliphatic heterocycles. The molecule has 0 bridgehead atoms. The molecule has 0 saturated heterocycles. The van der Waals surface area contributed by atoms with Gasteiger partial charge in [0, 0.05) is 7.05 Å².